The van der Waals surface area contributed by atoms with Crippen LogP contribution >= 0.6 is 11.6 Å². The standard InChI is InChI=1S/C27H25ClF3N3O3/c1-17(34-24(35)25(2,3)37-23-12-9-21(16-33-23)27(29,30)31)26(36,14-18-7-10-22(28)11-8-18)20-6-4-5-19(13-20)15-32/h4-13,16-17,36H,14H2,1-3H3,(H,34,35). The van der Waals surface area contributed by atoms with E-state index in [-0.39, 0.29) is 12.3 Å². The molecule has 1 aromatic heterocycles. The summed E-state index contributed by atoms with van der Waals surface area (Å²) >= 11 is 5.99. The van der Waals surface area contributed by atoms with Gasteiger partial charge in [-0.3, -0.25) is 4.79 Å². The van der Waals surface area contributed by atoms with Crippen molar-refractivity contribution in [1.29, 1.82) is 5.26 Å². The number of hydrogen-bond donors (Lipinski definition) is 2. The molecule has 0 aliphatic carbocycles. The number of nitrogens with zero attached hydrogens (tertiary/aromatic N) is 2. The molecule has 0 radical (unpaired) electrons. The second kappa shape index (κ2) is 10.8. The number of benzene rings is 2. The van der Waals surface area contributed by atoms with E-state index in [1.54, 1.807) is 55.5 Å². The van der Waals surface area contributed by atoms with Crippen LogP contribution in [-0.2, 0) is 23.0 Å². The highest BCUT2D eigenvalue weighted by molar-refractivity contribution is 6.30. The summed E-state index contributed by atoms with van der Waals surface area (Å²) in [7, 11) is 0. The van der Waals surface area contributed by atoms with Crippen LogP contribution in [0.25, 0.3) is 0 Å². The zero-order chi connectivity index (χ0) is 27.4. The van der Waals surface area contributed by atoms with Crippen molar-refractivity contribution in [2.75, 3.05) is 0 Å². The van der Waals surface area contributed by atoms with Gasteiger partial charge in [0.25, 0.3) is 5.91 Å². The Kier molecular flexibility index (Phi) is 8.16. The van der Waals surface area contributed by atoms with Gasteiger partial charge in [0.05, 0.1) is 23.2 Å². The number of hydrogen-bond acceptors (Lipinski definition) is 5. The Hall–Kier alpha value is -3.61. The van der Waals surface area contributed by atoms with Crippen molar-refractivity contribution in [3.05, 3.63) is 94.1 Å². The predicted octanol–water partition coefficient (Wildman–Crippen LogP) is 5.42. The minimum absolute atomic E-state index is 0.0856. The zero-order valence-corrected chi connectivity index (χ0v) is 21.1. The fraction of sp³-hybridized carbons (Fsp3) is 0.296. The van der Waals surface area contributed by atoms with E-state index in [4.69, 9.17) is 16.3 Å². The van der Waals surface area contributed by atoms with Crippen LogP contribution in [0.5, 0.6) is 5.88 Å². The first-order valence-corrected chi connectivity index (χ1v) is 11.6. The van der Waals surface area contributed by atoms with E-state index in [0.29, 0.717) is 22.3 Å². The first-order chi connectivity index (χ1) is 17.2. The van der Waals surface area contributed by atoms with Crippen LogP contribution in [0.3, 0.4) is 0 Å². The number of carbonyl (C=O) groups excluding carboxylic acids is 1. The summed E-state index contributed by atoms with van der Waals surface area (Å²) in [6, 6.07) is 16.3. The van der Waals surface area contributed by atoms with E-state index in [1.807, 2.05) is 6.07 Å². The van der Waals surface area contributed by atoms with Crippen molar-refractivity contribution in [1.82, 2.24) is 10.3 Å². The predicted molar refractivity (Wildman–Crippen MR) is 132 cm³/mol. The lowest BCUT2D eigenvalue weighted by atomic mass is 9.81. The van der Waals surface area contributed by atoms with Crippen LogP contribution in [-0.4, -0.2) is 27.6 Å². The lowest BCUT2D eigenvalue weighted by molar-refractivity contribution is -0.139. The molecule has 2 atom stereocenters. The summed E-state index contributed by atoms with van der Waals surface area (Å²) in [6.45, 7) is 4.48. The van der Waals surface area contributed by atoms with Gasteiger partial charge in [-0.1, -0.05) is 35.9 Å². The molecule has 37 heavy (non-hydrogen) atoms. The second-order valence-corrected chi connectivity index (χ2v) is 9.55. The first-order valence-electron chi connectivity index (χ1n) is 11.3. The Bertz CT molecular complexity index is 1290. The van der Waals surface area contributed by atoms with Crippen LogP contribution in [0.15, 0.2) is 66.9 Å². The Balaban J connectivity index is 1.85. The highest BCUT2D eigenvalue weighted by atomic mass is 35.5. The molecule has 0 bridgehead atoms. The molecule has 194 valence electrons. The van der Waals surface area contributed by atoms with Crippen LogP contribution < -0.4 is 10.1 Å². The van der Waals surface area contributed by atoms with Crippen molar-refractivity contribution < 1.29 is 27.8 Å². The van der Waals surface area contributed by atoms with Crippen molar-refractivity contribution in [3.8, 4) is 11.9 Å². The van der Waals surface area contributed by atoms with E-state index in [9.17, 15) is 28.3 Å². The van der Waals surface area contributed by atoms with Crippen LogP contribution in [0, 0.1) is 11.3 Å². The van der Waals surface area contributed by atoms with Crippen molar-refractivity contribution >= 4 is 17.5 Å². The number of halogens is 4. The maximum absolute atomic E-state index is 13.2. The van der Waals surface area contributed by atoms with E-state index >= 15 is 0 Å². The summed E-state index contributed by atoms with van der Waals surface area (Å²) in [5.74, 6) is -0.799. The average Bonchev–Trinajstić information content (AvgIpc) is 2.84. The molecule has 1 heterocycles. The molecule has 10 heteroatoms. The summed E-state index contributed by atoms with van der Waals surface area (Å²) < 4.78 is 44.0. The molecular weight excluding hydrogens is 507 g/mol. The van der Waals surface area contributed by atoms with Crippen molar-refractivity contribution in [2.24, 2.45) is 0 Å². The number of nitriles is 1. The molecule has 0 saturated heterocycles. The topological polar surface area (TPSA) is 95.2 Å². The molecule has 0 aliphatic heterocycles. The molecule has 3 aromatic rings. The molecular formula is C27H25ClF3N3O3. The number of rotatable bonds is 8. The Labute approximate surface area is 217 Å². The Morgan fingerprint density at radius 3 is 2.38 bits per heavy atom. The van der Waals surface area contributed by atoms with E-state index < -0.39 is 34.9 Å². The van der Waals surface area contributed by atoms with Gasteiger partial charge in [0.15, 0.2) is 5.60 Å². The van der Waals surface area contributed by atoms with Gasteiger partial charge in [-0.25, -0.2) is 4.98 Å². The van der Waals surface area contributed by atoms with Crippen molar-refractivity contribution in [2.45, 2.75) is 50.6 Å². The number of carbonyl (C=O) groups is 1. The van der Waals surface area contributed by atoms with Crippen molar-refractivity contribution in [3.63, 3.8) is 0 Å². The molecule has 0 fully saturated rings. The fourth-order valence-electron chi connectivity index (χ4n) is 3.68. The SMILES string of the molecule is CC(NC(=O)C(C)(C)Oc1ccc(C(F)(F)F)cn1)C(O)(Cc1ccc(Cl)cc1)c1cccc(C#N)c1. The van der Waals surface area contributed by atoms with Crippen LogP contribution in [0.4, 0.5) is 13.2 Å². The summed E-state index contributed by atoms with van der Waals surface area (Å²) in [6.07, 6.45) is -3.84. The lowest BCUT2D eigenvalue weighted by Crippen LogP contribution is -2.56. The molecule has 0 aliphatic rings. The maximum Gasteiger partial charge on any atom is 0.417 e. The summed E-state index contributed by atoms with van der Waals surface area (Å²) in [5.41, 5.74) is -2.64. The third-order valence-corrected chi connectivity index (χ3v) is 6.16. The first kappa shape index (κ1) is 28.0. The molecule has 3 rings (SSSR count). The molecule has 0 spiro atoms. The number of aliphatic hydroxyl groups is 1. The van der Waals surface area contributed by atoms with Gasteiger partial charge in [-0.2, -0.15) is 18.4 Å². The average molecular weight is 532 g/mol. The van der Waals surface area contributed by atoms with Gasteiger partial charge in [-0.05, 0) is 62.2 Å². The Morgan fingerprint density at radius 1 is 1.14 bits per heavy atom. The molecule has 6 nitrogen and oxygen atoms in total. The second-order valence-electron chi connectivity index (χ2n) is 9.11. The quantitative estimate of drug-likeness (QED) is 0.405. The minimum atomic E-state index is -4.55. The molecule has 2 aromatic carbocycles. The molecule has 2 N–H and O–H groups in total. The van der Waals surface area contributed by atoms with Gasteiger partial charge >= 0.3 is 6.18 Å². The number of alkyl halides is 3. The van der Waals surface area contributed by atoms with E-state index in [2.05, 4.69) is 10.3 Å². The number of pyridine rings is 1. The zero-order valence-electron chi connectivity index (χ0n) is 20.3. The number of ether oxygens (including phenoxy) is 1. The van der Waals surface area contributed by atoms with E-state index in [0.717, 1.165) is 17.7 Å². The minimum Gasteiger partial charge on any atom is -0.462 e. The third kappa shape index (κ3) is 6.79. The lowest BCUT2D eigenvalue weighted by Gasteiger charge is -2.37. The highest BCUT2D eigenvalue weighted by Crippen LogP contribution is 2.32. The third-order valence-electron chi connectivity index (χ3n) is 5.91. The molecule has 2 unspecified atom stereocenters. The molecule has 0 saturated carbocycles. The largest absolute Gasteiger partial charge is 0.462 e. The summed E-state index contributed by atoms with van der Waals surface area (Å²) in [4.78, 5) is 16.8. The number of aromatic nitrogens is 1. The normalized spacial score (nSPS) is 14.2. The van der Waals surface area contributed by atoms with Crippen LogP contribution in [0.1, 0.15) is 43.0 Å². The van der Waals surface area contributed by atoms with Gasteiger partial charge in [0.1, 0.15) is 5.60 Å². The molecule has 1 amide bonds. The van der Waals surface area contributed by atoms with Gasteiger partial charge in [0, 0.05) is 23.7 Å². The van der Waals surface area contributed by atoms with Gasteiger partial charge in [-0.15, -0.1) is 0 Å². The monoisotopic (exact) mass is 531 g/mol. The van der Waals surface area contributed by atoms with Gasteiger partial charge in [0.2, 0.25) is 5.88 Å². The highest BCUT2D eigenvalue weighted by Gasteiger charge is 2.40. The van der Waals surface area contributed by atoms with E-state index in [1.165, 1.54) is 13.8 Å². The number of amides is 1. The number of nitrogens with one attached hydrogen (secondary N) is 1. The maximum atomic E-state index is 13.2. The van der Waals surface area contributed by atoms with Crippen LogP contribution in [0.2, 0.25) is 5.02 Å². The smallest absolute Gasteiger partial charge is 0.417 e. The Morgan fingerprint density at radius 2 is 1.81 bits per heavy atom. The fourth-order valence-corrected chi connectivity index (χ4v) is 3.81. The van der Waals surface area contributed by atoms with Gasteiger partial charge < -0.3 is 15.2 Å². The summed E-state index contributed by atoms with van der Waals surface area (Å²) in [5, 5.41) is 24.5.